The Kier molecular flexibility index (Phi) is 6.01. The number of benzene rings is 2. The second-order valence-electron chi connectivity index (χ2n) is 8.31. The third kappa shape index (κ3) is 4.51. The maximum Gasteiger partial charge on any atom is 0.420 e. The van der Waals surface area contributed by atoms with Gasteiger partial charge in [-0.05, 0) is 23.3 Å². The van der Waals surface area contributed by atoms with Gasteiger partial charge in [-0.15, -0.1) is 0 Å². The lowest BCUT2D eigenvalue weighted by atomic mass is 10.0. The summed E-state index contributed by atoms with van der Waals surface area (Å²) in [7, 11) is 0. The monoisotopic (exact) mass is 455 g/mol. The molecule has 1 N–H and O–H groups in total. The van der Waals surface area contributed by atoms with Crippen molar-refractivity contribution in [3.05, 3.63) is 88.8 Å². The number of ether oxygens (including phenoxy) is 1. The average molecular weight is 455 g/mol. The number of rotatable bonds is 6. The van der Waals surface area contributed by atoms with Crippen molar-refractivity contribution < 1.29 is 22.7 Å². The first-order chi connectivity index (χ1) is 15.7. The third-order valence-electron chi connectivity index (χ3n) is 5.72. The summed E-state index contributed by atoms with van der Waals surface area (Å²) >= 11 is 0. The molecule has 172 valence electrons. The molecule has 2 aromatic carbocycles. The Balaban J connectivity index is 1.67. The molecule has 0 aromatic heterocycles. The summed E-state index contributed by atoms with van der Waals surface area (Å²) in [6.45, 7) is 7.52. The number of ketones is 1. The molecule has 1 atom stereocenters. The highest BCUT2D eigenvalue weighted by Crippen LogP contribution is 2.41. The number of allylic oxidation sites excluding steroid dienone is 2. The summed E-state index contributed by atoms with van der Waals surface area (Å²) < 4.78 is 47.6. The highest BCUT2D eigenvalue weighted by molar-refractivity contribution is 5.97. The first-order valence-corrected chi connectivity index (χ1v) is 10.6. The van der Waals surface area contributed by atoms with Gasteiger partial charge < -0.3 is 9.64 Å². The van der Waals surface area contributed by atoms with Crippen LogP contribution in [0.3, 0.4) is 0 Å². The van der Waals surface area contributed by atoms with Crippen molar-refractivity contribution in [3.63, 3.8) is 0 Å². The molecule has 0 aliphatic carbocycles. The molecule has 33 heavy (non-hydrogen) atoms. The van der Waals surface area contributed by atoms with Crippen LogP contribution in [0.15, 0.2) is 77.2 Å². The van der Waals surface area contributed by atoms with Crippen LogP contribution in [0.25, 0.3) is 0 Å². The molecule has 1 unspecified atom stereocenters. The zero-order chi connectivity index (χ0) is 23.8. The molecule has 0 saturated heterocycles. The number of hydrogen-bond acceptors (Lipinski definition) is 5. The molecule has 2 aromatic rings. The fourth-order valence-corrected chi connectivity index (χ4v) is 4.13. The summed E-state index contributed by atoms with van der Waals surface area (Å²) in [6, 6.07) is 13.9. The molecule has 0 amide bonds. The van der Waals surface area contributed by atoms with E-state index in [2.05, 4.69) is 17.1 Å². The molecular formula is C25H24F3N3O2. The number of nitrogens with one attached hydrogen (secondary N) is 1. The maximum atomic E-state index is 13.9. The van der Waals surface area contributed by atoms with Gasteiger partial charge in [0.2, 0.25) is 0 Å². The molecule has 0 bridgehead atoms. The van der Waals surface area contributed by atoms with Gasteiger partial charge in [-0.1, -0.05) is 56.8 Å². The van der Waals surface area contributed by atoms with Crippen LogP contribution in [-0.4, -0.2) is 29.7 Å². The molecule has 5 nitrogen and oxygen atoms in total. The molecule has 2 heterocycles. The van der Waals surface area contributed by atoms with Gasteiger partial charge in [-0.25, -0.2) is 0 Å². The number of halogens is 3. The van der Waals surface area contributed by atoms with Gasteiger partial charge in [-0.3, -0.25) is 10.2 Å². The number of hydrazone groups is 1. The van der Waals surface area contributed by atoms with Crippen LogP contribution in [0, 0.1) is 5.92 Å². The van der Waals surface area contributed by atoms with Gasteiger partial charge in [0.1, 0.15) is 17.9 Å². The quantitative estimate of drug-likeness (QED) is 0.595. The van der Waals surface area contributed by atoms with Gasteiger partial charge >= 0.3 is 6.18 Å². The van der Waals surface area contributed by atoms with E-state index in [1.165, 1.54) is 6.21 Å². The fourth-order valence-electron chi connectivity index (χ4n) is 4.13. The standard InChI is InChI=1S/C25H24F3N3O2/c1-15(2)24(32)17-8-6-9-19(11-17)33-14-22-20-10-5-4-7-18(20)13-31(22)21-12-29-30-16(3)23(21)25(26,27)28/h4-12,15,22,30H,3,13-14H2,1-2H3. The largest absolute Gasteiger partial charge is 0.491 e. The van der Waals surface area contributed by atoms with Gasteiger partial charge in [0.25, 0.3) is 0 Å². The van der Waals surface area contributed by atoms with E-state index in [-0.39, 0.29) is 36.2 Å². The molecule has 4 rings (SSSR count). The van der Waals surface area contributed by atoms with Gasteiger partial charge in [0, 0.05) is 18.0 Å². The summed E-state index contributed by atoms with van der Waals surface area (Å²) in [6.07, 6.45) is -3.42. The molecule has 0 fully saturated rings. The minimum atomic E-state index is -4.60. The lowest BCUT2D eigenvalue weighted by Crippen LogP contribution is -2.34. The minimum Gasteiger partial charge on any atom is -0.491 e. The number of hydrogen-bond donors (Lipinski definition) is 1. The highest BCUT2D eigenvalue weighted by Gasteiger charge is 2.43. The van der Waals surface area contributed by atoms with Crippen LogP contribution in [0.4, 0.5) is 13.2 Å². The number of Topliss-reactive ketones (excluding diaryl/α,β-unsaturated/α-hetero) is 1. The number of fused-ring (bicyclic) bond motifs is 1. The maximum absolute atomic E-state index is 13.9. The van der Waals surface area contributed by atoms with Crippen LogP contribution < -0.4 is 10.2 Å². The first-order valence-electron chi connectivity index (χ1n) is 10.6. The molecule has 0 radical (unpaired) electrons. The topological polar surface area (TPSA) is 53.9 Å². The second kappa shape index (κ2) is 8.77. The van der Waals surface area contributed by atoms with Crippen molar-refractivity contribution in [1.29, 1.82) is 0 Å². The Bertz CT molecular complexity index is 1150. The van der Waals surface area contributed by atoms with Crippen LogP contribution in [0.5, 0.6) is 5.75 Å². The third-order valence-corrected chi connectivity index (χ3v) is 5.72. The van der Waals surface area contributed by atoms with E-state index in [4.69, 9.17) is 4.74 Å². The number of nitrogens with zero attached hydrogens (tertiary/aromatic N) is 2. The predicted octanol–water partition coefficient (Wildman–Crippen LogP) is 5.38. The lowest BCUT2D eigenvalue weighted by Gasteiger charge is -2.32. The van der Waals surface area contributed by atoms with Crippen molar-refractivity contribution in [3.8, 4) is 5.75 Å². The normalized spacial score (nSPS) is 17.9. The average Bonchev–Trinajstić information content (AvgIpc) is 3.14. The van der Waals surface area contributed by atoms with Crippen molar-refractivity contribution in [1.82, 2.24) is 10.3 Å². The predicted molar refractivity (Wildman–Crippen MR) is 120 cm³/mol. The van der Waals surface area contributed by atoms with E-state index in [0.29, 0.717) is 11.3 Å². The van der Waals surface area contributed by atoms with Gasteiger partial charge in [0.05, 0.1) is 23.7 Å². The summed E-state index contributed by atoms with van der Waals surface area (Å²) in [4.78, 5) is 14.0. The highest BCUT2D eigenvalue weighted by atomic mass is 19.4. The molecule has 8 heteroatoms. The van der Waals surface area contributed by atoms with E-state index in [1.807, 2.05) is 38.1 Å². The zero-order valence-electron chi connectivity index (χ0n) is 18.3. The SMILES string of the molecule is C=C1NN=CC(N2Cc3ccccc3C2COc2cccc(C(=O)C(C)C)c2)=C1C(F)(F)F. The Morgan fingerprint density at radius 3 is 2.73 bits per heavy atom. The van der Waals surface area contributed by atoms with Crippen molar-refractivity contribution in [2.45, 2.75) is 32.6 Å². The summed E-state index contributed by atoms with van der Waals surface area (Å²) in [5.74, 6) is 0.328. The van der Waals surface area contributed by atoms with Gasteiger partial charge in [-0.2, -0.15) is 18.3 Å². The van der Waals surface area contributed by atoms with Crippen LogP contribution in [-0.2, 0) is 6.54 Å². The van der Waals surface area contributed by atoms with Crippen LogP contribution in [0.2, 0.25) is 0 Å². The van der Waals surface area contributed by atoms with E-state index in [1.54, 1.807) is 29.2 Å². The lowest BCUT2D eigenvalue weighted by molar-refractivity contribution is -0.0919. The molecular weight excluding hydrogens is 431 g/mol. The van der Waals surface area contributed by atoms with Crippen LogP contribution in [0.1, 0.15) is 41.4 Å². The fraction of sp³-hybridized carbons (Fsp3) is 0.280. The summed E-state index contributed by atoms with van der Waals surface area (Å²) in [5.41, 5.74) is 3.46. The van der Waals surface area contributed by atoms with E-state index >= 15 is 0 Å². The van der Waals surface area contributed by atoms with Crippen molar-refractivity contribution in [2.24, 2.45) is 11.0 Å². The summed E-state index contributed by atoms with van der Waals surface area (Å²) in [5, 5.41) is 3.86. The van der Waals surface area contributed by atoms with Crippen molar-refractivity contribution in [2.75, 3.05) is 6.61 Å². The Morgan fingerprint density at radius 1 is 1.24 bits per heavy atom. The first kappa shape index (κ1) is 22.6. The Hall–Kier alpha value is -3.55. The Morgan fingerprint density at radius 2 is 2.00 bits per heavy atom. The van der Waals surface area contributed by atoms with E-state index in [9.17, 15) is 18.0 Å². The smallest absolute Gasteiger partial charge is 0.420 e. The Labute approximate surface area is 190 Å². The number of alkyl halides is 3. The molecule has 0 spiro atoms. The molecule has 2 aliphatic heterocycles. The molecule has 0 saturated carbocycles. The second-order valence-corrected chi connectivity index (χ2v) is 8.31. The number of carbonyl (C=O) groups excluding carboxylic acids is 1. The van der Waals surface area contributed by atoms with Crippen LogP contribution >= 0.6 is 0 Å². The van der Waals surface area contributed by atoms with E-state index < -0.39 is 17.8 Å². The van der Waals surface area contributed by atoms with E-state index in [0.717, 1.165) is 11.1 Å². The zero-order valence-corrected chi connectivity index (χ0v) is 18.3. The van der Waals surface area contributed by atoms with Crippen molar-refractivity contribution >= 4 is 12.0 Å². The minimum absolute atomic E-state index is 0.00214. The van der Waals surface area contributed by atoms with Gasteiger partial charge in [0.15, 0.2) is 5.78 Å². The number of carbonyl (C=O) groups is 1. The molecule has 2 aliphatic rings.